The van der Waals surface area contributed by atoms with Crippen LogP contribution >= 0.6 is 11.6 Å². The van der Waals surface area contributed by atoms with Gasteiger partial charge < -0.3 is 14.2 Å². The number of nitrogens with one attached hydrogen (secondary N) is 1. The van der Waals surface area contributed by atoms with Gasteiger partial charge in [-0.15, -0.1) is 0 Å². The third kappa shape index (κ3) is 3.19. The van der Waals surface area contributed by atoms with E-state index in [9.17, 15) is 4.79 Å². The van der Waals surface area contributed by atoms with Crippen LogP contribution in [0.25, 0.3) is 0 Å². The van der Waals surface area contributed by atoms with Crippen molar-refractivity contribution in [2.75, 3.05) is 13.9 Å². The van der Waals surface area contributed by atoms with Gasteiger partial charge in [0.05, 0.1) is 18.9 Å². The zero-order valence-electron chi connectivity index (χ0n) is 12.1. The van der Waals surface area contributed by atoms with Gasteiger partial charge in [0.25, 0.3) is 5.91 Å². The third-order valence-electron chi connectivity index (χ3n) is 3.06. The number of amides is 1. The van der Waals surface area contributed by atoms with Gasteiger partial charge in [-0.2, -0.15) is 5.10 Å². The van der Waals surface area contributed by atoms with E-state index < -0.39 is 5.91 Å². The molecule has 1 aromatic heterocycles. The van der Waals surface area contributed by atoms with Gasteiger partial charge in [-0.05, 0) is 24.3 Å². The number of carbonyl (C=O) groups is 1. The number of halogens is 1. The topological polar surface area (TPSA) is 82.0 Å². The number of pyridine rings is 1. The molecule has 0 bridgehead atoms. The van der Waals surface area contributed by atoms with E-state index in [-0.39, 0.29) is 17.5 Å². The van der Waals surface area contributed by atoms with Gasteiger partial charge in [-0.25, -0.2) is 10.4 Å². The number of aromatic nitrogens is 1. The molecule has 2 aromatic rings. The van der Waals surface area contributed by atoms with Crippen molar-refractivity contribution in [3.8, 4) is 17.2 Å². The van der Waals surface area contributed by atoms with E-state index in [4.69, 9.17) is 25.8 Å². The number of benzene rings is 1. The molecule has 3 rings (SSSR count). The first kappa shape index (κ1) is 15.1. The molecular weight excluding hydrogens is 322 g/mol. The second kappa shape index (κ2) is 6.53. The quantitative estimate of drug-likeness (QED) is 0.527. The van der Waals surface area contributed by atoms with Gasteiger partial charge in [0.1, 0.15) is 5.15 Å². The summed E-state index contributed by atoms with van der Waals surface area (Å²) in [5.74, 6) is 1.19. The minimum absolute atomic E-state index is 0.116. The molecule has 1 aliphatic heterocycles. The van der Waals surface area contributed by atoms with Crippen molar-refractivity contribution < 1.29 is 19.0 Å². The Labute approximate surface area is 136 Å². The number of hydrogen-bond donors (Lipinski definition) is 1. The summed E-state index contributed by atoms with van der Waals surface area (Å²) in [4.78, 5) is 15.8. The van der Waals surface area contributed by atoms with Crippen LogP contribution in [0.3, 0.4) is 0 Å². The van der Waals surface area contributed by atoms with Crippen LogP contribution in [0.15, 0.2) is 35.6 Å². The molecule has 1 aliphatic rings. The SMILES string of the molecule is COc1cc(C=NNC(=O)c2cccnc2Cl)cc2c1OCO2. The second-order valence-electron chi connectivity index (χ2n) is 4.50. The molecule has 0 unspecified atom stereocenters. The normalized spacial score (nSPS) is 12.4. The molecule has 2 heterocycles. The molecule has 0 fully saturated rings. The number of methoxy groups -OCH3 is 1. The van der Waals surface area contributed by atoms with Gasteiger partial charge >= 0.3 is 0 Å². The van der Waals surface area contributed by atoms with Gasteiger partial charge in [0.15, 0.2) is 11.5 Å². The summed E-state index contributed by atoms with van der Waals surface area (Å²) in [5.41, 5.74) is 3.32. The summed E-state index contributed by atoms with van der Waals surface area (Å²) in [5, 5.41) is 4.01. The highest BCUT2D eigenvalue weighted by atomic mass is 35.5. The zero-order valence-corrected chi connectivity index (χ0v) is 12.8. The maximum Gasteiger partial charge on any atom is 0.274 e. The Hall–Kier alpha value is -2.80. The largest absolute Gasteiger partial charge is 0.493 e. The van der Waals surface area contributed by atoms with Crippen LogP contribution < -0.4 is 19.6 Å². The smallest absolute Gasteiger partial charge is 0.274 e. The Kier molecular flexibility index (Phi) is 4.29. The molecule has 23 heavy (non-hydrogen) atoms. The number of nitrogens with zero attached hydrogens (tertiary/aromatic N) is 2. The number of rotatable bonds is 4. The van der Waals surface area contributed by atoms with Gasteiger partial charge in [-0.3, -0.25) is 4.79 Å². The second-order valence-corrected chi connectivity index (χ2v) is 4.86. The van der Waals surface area contributed by atoms with Crippen molar-refractivity contribution >= 4 is 23.7 Å². The molecular formula is C15H12ClN3O4. The molecule has 0 spiro atoms. The summed E-state index contributed by atoms with van der Waals surface area (Å²) in [6, 6.07) is 6.63. The van der Waals surface area contributed by atoms with E-state index in [0.717, 1.165) is 0 Å². The summed E-state index contributed by atoms with van der Waals surface area (Å²) < 4.78 is 15.9. The molecule has 0 aliphatic carbocycles. The summed E-state index contributed by atoms with van der Waals surface area (Å²) >= 11 is 5.85. The van der Waals surface area contributed by atoms with Crippen LogP contribution in [0.5, 0.6) is 17.2 Å². The predicted molar refractivity (Wildman–Crippen MR) is 83.4 cm³/mol. The maximum atomic E-state index is 11.9. The molecule has 118 valence electrons. The Morgan fingerprint density at radius 1 is 1.48 bits per heavy atom. The fourth-order valence-electron chi connectivity index (χ4n) is 2.01. The first-order chi connectivity index (χ1) is 11.2. The lowest BCUT2D eigenvalue weighted by atomic mass is 10.2. The van der Waals surface area contributed by atoms with E-state index in [2.05, 4.69) is 15.5 Å². The lowest BCUT2D eigenvalue weighted by Crippen LogP contribution is -2.18. The van der Waals surface area contributed by atoms with E-state index in [1.807, 2.05) is 0 Å². The Bertz CT molecular complexity index is 779. The molecule has 0 atom stereocenters. The fourth-order valence-corrected chi connectivity index (χ4v) is 2.21. The average Bonchev–Trinajstić information content (AvgIpc) is 3.03. The summed E-state index contributed by atoms with van der Waals surface area (Å²) in [7, 11) is 1.53. The monoisotopic (exact) mass is 333 g/mol. The first-order valence-corrected chi connectivity index (χ1v) is 6.98. The van der Waals surface area contributed by atoms with Crippen LogP contribution in [-0.4, -0.2) is 31.0 Å². The molecule has 1 N–H and O–H groups in total. The van der Waals surface area contributed by atoms with Crippen molar-refractivity contribution in [1.82, 2.24) is 10.4 Å². The van der Waals surface area contributed by atoms with Crippen molar-refractivity contribution in [2.24, 2.45) is 5.10 Å². The lowest BCUT2D eigenvalue weighted by molar-refractivity contribution is 0.0955. The molecule has 7 nitrogen and oxygen atoms in total. The molecule has 1 amide bonds. The number of fused-ring (bicyclic) bond motifs is 1. The van der Waals surface area contributed by atoms with Gasteiger partial charge in [0.2, 0.25) is 12.5 Å². The highest BCUT2D eigenvalue weighted by molar-refractivity contribution is 6.32. The van der Waals surface area contributed by atoms with Crippen molar-refractivity contribution in [1.29, 1.82) is 0 Å². The fraction of sp³-hybridized carbons (Fsp3) is 0.133. The van der Waals surface area contributed by atoms with Gasteiger partial charge in [-0.1, -0.05) is 11.6 Å². The predicted octanol–water partition coefficient (Wildman–Crippen LogP) is 2.24. The lowest BCUT2D eigenvalue weighted by Gasteiger charge is -2.05. The van der Waals surface area contributed by atoms with Crippen molar-refractivity contribution in [3.05, 3.63) is 46.7 Å². The van der Waals surface area contributed by atoms with E-state index in [0.29, 0.717) is 22.8 Å². The molecule has 8 heteroatoms. The number of hydrogen-bond acceptors (Lipinski definition) is 6. The zero-order chi connectivity index (χ0) is 16.2. The van der Waals surface area contributed by atoms with Crippen LogP contribution in [-0.2, 0) is 0 Å². The number of hydrazone groups is 1. The van der Waals surface area contributed by atoms with Crippen molar-refractivity contribution in [3.63, 3.8) is 0 Å². The van der Waals surface area contributed by atoms with Crippen LogP contribution in [0, 0.1) is 0 Å². The van der Waals surface area contributed by atoms with E-state index in [1.165, 1.54) is 19.5 Å². The van der Waals surface area contributed by atoms with E-state index in [1.54, 1.807) is 24.3 Å². The minimum atomic E-state index is -0.452. The average molecular weight is 334 g/mol. The highest BCUT2D eigenvalue weighted by Gasteiger charge is 2.19. The standard InChI is InChI=1S/C15H12ClN3O4/c1-21-11-5-9(6-12-13(11)23-8-22-12)7-18-19-15(20)10-3-2-4-17-14(10)16/h2-7H,8H2,1H3,(H,19,20). The molecule has 1 aromatic carbocycles. The van der Waals surface area contributed by atoms with Crippen LogP contribution in [0.2, 0.25) is 5.15 Å². The third-order valence-corrected chi connectivity index (χ3v) is 3.37. The highest BCUT2D eigenvalue weighted by Crippen LogP contribution is 2.41. The minimum Gasteiger partial charge on any atom is -0.493 e. The number of ether oxygens (including phenoxy) is 3. The summed E-state index contributed by atoms with van der Waals surface area (Å²) in [6.07, 6.45) is 2.97. The van der Waals surface area contributed by atoms with Gasteiger partial charge in [0, 0.05) is 11.8 Å². The molecule has 0 radical (unpaired) electrons. The Balaban J connectivity index is 1.74. The Morgan fingerprint density at radius 2 is 2.35 bits per heavy atom. The molecule has 0 saturated heterocycles. The van der Waals surface area contributed by atoms with Crippen LogP contribution in [0.4, 0.5) is 0 Å². The summed E-state index contributed by atoms with van der Waals surface area (Å²) in [6.45, 7) is 0.141. The Morgan fingerprint density at radius 3 is 3.13 bits per heavy atom. The number of carbonyl (C=O) groups excluding carboxylic acids is 1. The van der Waals surface area contributed by atoms with Crippen molar-refractivity contribution in [2.45, 2.75) is 0 Å². The molecule has 0 saturated carbocycles. The van der Waals surface area contributed by atoms with E-state index >= 15 is 0 Å². The van der Waals surface area contributed by atoms with Crippen LogP contribution in [0.1, 0.15) is 15.9 Å². The maximum absolute atomic E-state index is 11.9. The first-order valence-electron chi connectivity index (χ1n) is 6.60.